The van der Waals surface area contributed by atoms with Gasteiger partial charge in [-0.15, -0.1) is 0 Å². The molecule has 2 saturated heterocycles. The van der Waals surface area contributed by atoms with Gasteiger partial charge in [-0.25, -0.2) is 0 Å². The van der Waals surface area contributed by atoms with Crippen molar-refractivity contribution in [3.05, 3.63) is 29.8 Å². The molecule has 0 aliphatic carbocycles. The Kier molecular flexibility index (Phi) is 5.87. The SMILES string of the molecule is COC1(C(=O)Nc2ccc(CCN3CCCC3)cc2)CCNCC1. The van der Waals surface area contributed by atoms with Crippen molar-refractivity contribution in [1.82, 2.24) is 10.2 Å². The lowest BCUT2D eigenvalue weighted by Crippen LogP contribution is -2.51. The van der Waals surface area contributed by atoms with Crippen molar-refractivity contribution in [3.8, 4) is 0 Å². The molecule has 24 heavy (non-hydrogen) atoms. The summed E-state index contributed by atoms with van der Waals surface area (Å²) in [5, 5.41) is 6.30. The molecule has 1 aromatic rings. The first-order valence-corrected chi connectivity index (χ1v) is 9.10. The van der Waals surface area contributed by atoms with Gasteiger partial charge in [-0.05, 0) is 76.0 Å². The summed E-state index contributed by atoms with van der Waals surface area (Å²) < 4.78 is 5.57. The van der Waals surface area contributed by atoms with E-state index in [1.807, 2.05) is 12.1 Å². The van der Waals surface area contributed by atoms with Crippen LogP contribution in [0.3, 0.4) is 0 Å². The third-order valence-corrected chi connectivity index (χ3v) is 5.34. The van der Waals surface area contributed by atoms with Gasteiger partial charge >= 0.3 is 0 Å². The number of anilines is 1. The molecule has 1 amide bonds. The second kappa shape index (κ2) is 8.10. The lowest BCUT2D eigenvalue weighted by atomic mass is 9.91. The van der Waals surface area contributed by atoms with Gasteiger partial charge in [-0.1, -0.05) is 12.1 Å². The molecule has 2 aliphatic rings. The molecule has 0 atom stereocenters. The Morgan fingerprint density at radius 1 is 1.21 bits per heavy atom. The first-order valence-electron chi connectivity index (χ1n) is 9.10. The van der Waals surface area contributed by atoms with Crippen molar-refractivity contribution >= 4 is 11.6 Å². The molecular weight excluding hydrogens is 302 g/mol. The molecule has 5 heteroatoms. The zero-order chi connectivity index (χ0) is 16.8. The molecule has 0 spiro atoms. The fourth-order valence-electron chi connectivity index (χ4n) is 3.65. The highest BCUT2D eigenvalue weighted by atomic mass is 16.5. The van der Waals surface area contributed by atoms with Gasteiger partial charge in [0.25, 0.3) is 5.91 Å². The number of ether oxygens (including phenoxy) is 1. The average molecular weight is 331 g/mol. The second-order valence-corrected chi connectivity index (χ2v) is 6.90. The normalized spacial score (nSPS) is 20.9. The van der Waals surface area contributed by atoms with E-state index in [2.05, 4.69) is 27.7 Å². The number of carbonyl (C=O) groups is 1. The van der Waals surface area contributed by atoms with E-state index in [0.717, 1.165) is 31.7 Å². The van der Waals surface area contributed by atoms with Gasteiger partial charge in [-0.3, -0.25) is 4.79 Å². The van der Waals surface area contributed by atoms with Gasteiger partial charge in [-0.2, -0.15) is 0 Å². The predicted molar refractivity (Wildman–Crippen MR) is 96.3 cm³/mol. The predicted octanol–water partition coefficient (Wildman–Crippen LogP) is 2.03. The fourth-order valence-corrected chi connectivity index (χ4v) is 3.65. The largest absolute Gasteiger partial charge is 0.368 e. The molecule has 0 bridgehead atoms. The van der Waals surface area contributed by atoms with E-state index in [-0.39, 0.29) is 5.91 Å². The van der Waals surface area contributed by atoms with E-state index in [9.17, 15) is 4.79 Å². The van der Waals surface area contributed by atoms with Gasteiger partial charge in [0.2, 0.25) is 0 Å². The summed E-state index contributed by atoms with van der Waals surface area (Å²) in [6.07, 6.45) is 5.16. The molecule has 0 saturated carbocycles. The molecule has 5 nitrogen and oxygen atoms in total. The third kappa shape index (κ3) is 4.15. The van der Waals surface area contributed by atoms with Crippen LogP contribution in [-0.4, -0.2) is 56.2 Å². The molecule has 1 aromatic carbocycles. The monoisotopic (exact) mass is 331 g/mol. The van der Waals surface area contributed by atoms with Gasteiger partial charge in [0.1, 0.15) is 5.60 Å². The summed E-state index contributed by atoms with van der Waals surface area (Å²) in [6, 6.07) is 8.24. The maximum absolute atomic E-state index is 12.6. The van der Waals surface area contributed by atoms with Crippen LogP contribution < -0.4 is 10.6 Å². The van der Waals surface area contributed by atoms with Crippen LogP contribution in [0.2, 0.25) is 0 Å². The Labute approximate surface area is 144 Å². The molecule has 0 radical (unpaired) electrons. The Morgan fingerprint density at radius 2 is 1.88 bits per heavy atom. The Morgan fingerprint density at radius 3 is 2.50 bits per heavy atom. The van der Waals surface area contributed by atoms with Crippen molar-refractivity contribution in [2.24, 2.45) is 0 Å². The van der Waals surface area contributed by atoms with Crippen LogP contribution in [0, 0.1) is 0 Å². The number of amides is 1. The standard InChI is InChI=1S/C19H29N3O2/c1-24-19(9-11-20-12-10-19)18(23)21-17-6-4-16(5-7-17)8-15-22-13-2-3-14-22/h4-7,20H,2-3,8-15H2,1H3,(H,21,23). The first kappa shape index (κ1) is 17.4. The maximum atomic E-state index is 12.6. The quantitative estimate of drug-likeness (QED) is 0.837. The van der Waals surface area contributed by atoms with Crippen molar-refractivity contribution in [3.63, 3.8) is 0 Å². The molecule has 0 aromatic heterocycles. The summed E-state index contributed by atoms with van der Waals surface area (Å²) >= 11 is 0. The van der Waals surface area contributed by atoms with Crippen LogP contribution in [0.4, 0.5) is 5.69 Å². The molecule has 2 N–H and O–H groups in total. The highest BCUT2D eigenvalue weighted by Gasteiger charge is 2.39. The lowest BCUT2D eigenvalue weighted by molar-refractivity contribution is -0.140. The van der Waals surface area contributed by atoms with Gasteiger partial charge in [0, 0.05) is 19.3 Å². The highest BCUT2D eigenvalue weighted by molar-refractivity contribution is 5.97. The van der Waals surface area contributed by atoms with Crippen molar-refractivity contribution < 1.29 is 9.53 Å². The van der Waals surface area contributed by atoms with Crippen LogP contribution in [0.25, 0.3) is 0 Å². The van der Waals surface area contributed by atoms with E-state index < -0.39 is 5.60 Å². The number of methoxy groups -OCH3 is 1. The first-order chi connectivity index (χ1) is 11.7. The number of piperidine rings is 1. The minimum Gasteiger partial charge on any atom is -0.368 e. The van der Waals surface area contributed by atoms with Crippen LogP contribution in [-0.2, 0) is 16.0 Å². The number of likely N-dealkylation sites (tertiary alicyclic amines) is 1. The second-order valence-electron chi connectivity index (χ2n) is 6.90. The summed E-state index contributed by atoms with van der Waals surface area (Å²) in [5.41, 5.74) is 1.47. The van der Waals surface area contributed by atoms with Gasteiger partial charge in [0.15, 0.2) is 0 Å². The van der Waals surface area contributed by atoms with Crippen LogP contribution in [0.15, 0.2) is 24.3 Å². The highest BCUT2D eigenvalue weighted by Crippen LogP contribution is 2.24. The molecule has 132 valence electrons. The molecule has 0 unspecified atom stereocenters. The van der Waals surface area contributed by atoms with E-state index in [1.165, 1.54) is 31.5 Å². The molecule has 2 fully saturated rings. The van der Waals surface area contributed by atoms with Crippen molar-refractivity contribution in [2.75, 3.05) is 45.2 Å². The van der Waals surface area contributed by atoms with E-state index in [1.54, 1.807) is 7.11 Å². The average Bonchev–Trinajstić information content (AvgIpc) is 3.15. The van der Waals surface area contributed by atoms with Gasteiger partial charge in [0.05, 0.1) is 0 Å². The van der Waals surface area contributed by atoms with Crippen LogP contribution in [0.1, 0.15) is 31.2 Å². The molecule has 2 aliphatic heterocycles. The summed E-state index contributed by atoms with van der Waals surface area (Å²) in [7, 11) is 1.63. The van der Waals surface area contributed by atoms with E-state index in [4.69, 9.17) is 4.74 Å². The number of nitrogens with one attached hydrogen (secondary N) is 2. The minimum atomic E-state index is -0.695. The van der Waals surface area contributed by atoms with E-state index >= 15 is 0 Å². The van der Waals surface area contributed by atoms with Crippen molar-refractivity contribution in [1.29, 1.82) is 0 Å². The smallest absolute Gasteiger partial charge is 0.256 e. The minimum absolute atomic E-state index is 0.0312. The number of carbonyl (C=O) groups excluding carboxylic acids is 1. The van der Waals surface area contributed by atoms with Crippen molar-refractivity contribution in [2.45, 2.75) is 37.7 Å². The molecule has 2 heterocycles. The zero-order valence-corrected chi connectivity index (χ0v) is 14.6. The third-order valence-electron chi connectivity index (χ3n) is 5.34. The number of benzene rings is 1. The fraction of sp³-hybridized carbons (Fsp3) is 0.632. The van der Waals surface area contributed by atoms with Crippen LogP contribution >= 0.6 is 0 Å². The Hall–Kier alpha value is -1.43. The van der Waals surface area contributed by atoms with E-state index in [0.29, 0.717) is 12.8 Å². The molecular formula is C19H29N3O2. The summed E-state index contributed by atoms with van der Waals surface area (Å²) in [4.78, 5) is 15.2. The number of rotatable bonds is 6. The Balaban J connectivity index is 1.54. The zero-order valence-electron chi connectivity index (χ0n) is 14.6. The Bertz CT molecular complexity index is 532. The molecule has 3 rings (SSSR count). The number of hydrogen-bond donors (Lipinski definition) is 2. The summed E-state index contributed by atoms with van der Waals surface area (Å²) in [5.74, 6) is -0.0312. The van der Waals surface area contributed by atoms with Gasteiger partial charge < -0.3 is 20.3 Å². The maximum Gasteiger partial charge on any atom is 0.256 e. The number of hydrogen-bond acceptors (Lipinski definition) is 4. The topological polar surface area (TPSA) is 53.6 Å². The van der Waals surface area contributed by atoms with Crippen LogP contribution in [0.5, 0.6) is 0 Å². The lowest BCUT2D eigenvalue weighted by Gasteiger charge is -2.34. The number of nitrogens with zero attached hydrogens (tertiary/aromatic N) is 1. The summed E-state index contributed by atoms with van der Waals surface area (Å²) in [6.45, 7) is 5.24.